The second-order valence-electron chi connectivity index (χ2n) is 3.56. The average molecular weight is 215 g/mol. The van der Waals surface area contributed by atoms with Gasteiger partial charge in [-0.1, -0.05) is 24.1 Å². The molecule has 0 saturated heterocycles. The topological polar surface area (TPSA) is 0 Å². The predicted molar refractivity (Wildman–Crippen MR) is 57.6 cm³/mol. The fourth-order valence-electron chi connectivity index (χ4n) is 1.88. The molecule has 2 heteroatoms. The van der Waals surface area contributed by atoms with Crippen molar-refractivity contribution in [2.45, 2.75) is 31.1 Å². The molecular formula is C11H12Cl2. The highest BCUT2D eigenvalue weighted by Gasteiger charge is 2.16. The van der Waals surface area contributed by atoms with E-state index in [0.29, 0.717) is 0 Å². The van der Waals surface area contributed by atoms with Gasteiger partial charge in [0.1, 0.15) is 0 Å². The molecule has 1 aliphatic rings. The summed E-state index contributed by atoms with van der Waals surface area (Å²) in [5.74, 6) is 0. The molecular weight excluding hydrogens is 203 g/mol. The summed E-state index contributed by atoms with van der Waals surface area (Å²) in [6, 6.07) is 6.08. The van der Waals surface area contributed by atoms with Gasteiger partial charge >= 0.3 is 0 Å². The Labute approximate surface area is 88.9 Å². The van der Waals surface area contributed by atoms with Crippen LogP contribution in [0.2, 0.25) is 5.02 Å². The predicted octanol–water partition coefficient (Wildman–Crippen LogP) is 4.35. The van der Waals surface area contributed by atoms with Crippen molar-refractivity contribution >= 4 is 23.2 Å². The van der Waals surface area contributed by atoms with Gasteiger partial charge in [-0.2, -0.15) is 0 Å². The SMILES string of the molecule is Clc1ccc2c(c1)C(Cl)CCCC2. The van der Waals surface area contributed by atoms with E-state index in [1.807, 2.05) is 12.1 Å². The largest absolute Gasteiger partial charge is 0.118 e. The fraction of sp³-hybridized carbons (Fsp3) is 0.455. The second kappa shape index (κ2) is 3.89. The third-order valence-electron chi connectivity index (χ3n) is 2.60. The van der Waals surface area contributed by atoms with Crippen LogP contribution in [-0.2, 0) is 6.42 Å². The standard InChI is InChI=1S/C11H12Cl2/c12-9-6-5-8-3-1-2-4-11(13)10(8)7-9/h5-7,11H,1-4H2. The van der Waals surface area contributed by atoms with Crippen molar-refractivity contribution in [1.82, 2.24) is 0 Å². The first kappa shape index (κ1) is 9.36. The Morgan fingerprint density at radius 3 is 2.92 bits per heavy atom. The smallest absolute Gasteiger partial charge is 0.0588 e. The molecule has 0 N–H and O–H groups in total. The number of aryl methyl sites for hydroxylation is 1. The van der Waals surface area contributed by atoms with Crippen molar-refractivity contribution in [1.29, 1.82) is 0 Å². The minimum Gasteiger partial charge on any atom is -0.118 e. The minimum atomic E-state index is 0.163. The van der Waals surface area contributed by atoms with Gasteiger partial charge in [0.2, 0.25) is 0 Å². The zero-order valence-corrected chi connectivity index (χ0v) is 8.91. The van der Waals surface area contributed by atoms with Crippen LogP contribution in [-0.4, -0.2) is 0 Å². The Morgan fingerprint density at radius 2 is 2.08 bits per heavy atom. The van der Waals surface area contributed by atoms with Gasteiger partial charge in [0, 0.05) is 5.02 Å². The van der Waals surface area contributed by atoms with Crippen LogP contribution in [0, 0.1) is 0 Å². The highest BCUT2D eigenvalue weighted by molar-refractivity contribution is 6.30. The Morgan fingerprint density at radius 1 is 1.23 bits per heavy atom. The molecule has 0 heterocycles. The summed E-state index contributed by atoms with van der Waals surface area (Å²) in [5, 5.41) is 0.961. The van der Waals surface area contributed by atoms with E-state index >= 15 is 0 Å². The van der Waals surface area contributed by atoms with Gasteiger partial charge in [-0.25, -0.2) is 0 Å². The lowest BCUT2D eigenvalue weighted by Crippen LogP contribution is -1.92. The van der Waals surface area contributed by atoms with Crippen molar-refractivity contribution in [3.8, 4) is 0 Å². The number of rotatable bonds is 0. The molecule has 0 saturated carbocycles. The van der Waals surface area contributed by atoms with Crippen LogP contribution in [0.4, 0.5) is 0 Å². The average Bonchev–Trinajstić information content (AvgIpc) is 2.29. The molecule has 1 unspecified atom stereocenters. The van der Waals surface area contributed by atoms with E-state index in [4.69, 9.17) is 23.2 Å². The van der Waals surface area contributed by atoms with Crippen LogP contribution in [0.5, 0.6) is 0 Å². The quantitative estimate of drug-likeness (QED) is 0.446. The molecule has 0 bridgehead atoms. The normalized spacial score (nSPS) is 22.2. The third kappa shape index (κ3) is 2.00. The summed E-state index contributed by atoms with van der Waals surface area (Å²) in [4.78, 5) is 0. The molecule has 0 amide bonds. The molecule has 0 aromatic heterocycles. The third-order valence-corrected chi connectivity index (χ3v) is 3.29. The number of alkyl halides is 1. The molecule has 70 valence electrons. The fourth-order valence-corrected chi connectivity index (χ4v) is 2.42. The summed E-state index contributed by atoms with van der Waals surface area (Å²) in [6.45, 7) is 0. The summed E-state index contributed by atoms with van der Waals surface area (Å²) in [7, 11) is 0. The molecule has 1 atom stereocenters. The first-order valence-electron chi connectivity index (χ1n) is 4.70. The number of halogens is 2. The van der Waals surface area contributed by atoms with Crippen LogP contribution < -0.4 is 0 Å². The van der Waals surface area contributed by atoms with Gasteiger partial charge in [-0.15, -0.1) is 11.6 Å². The first-order chi connectivity index (χ1) is 6.27. The van der Waals surface area contributed by atoms with Crippen LogP contribution in [0.15, 0.2) is 18.2 Å². The van der Waals surface area contributed by atoms with E-state index in [9.17, 15) is 0 Å². The Kier molecular flexibility index (Phi) is 2.80. The monoisotopic (exact) mass is 214 g/mol. The van der Waals surface area contributed by atoms with Gasteiger partial charge in [-0.3, -0.25) is 0 Å². The van der Waals surface area contributed by atoms with E-state index < -0.39 is 0 Å². The van der Waals surface area contributed by atoms with E-state index in [1.165, 1.54) is 24.0 Å². The minimum absolute atomic E-state index is 0.163. The molecule has 0 radical (unpaired) electrons. The lowest BCUT2D eigenvalue weighted by molar-refractivity contribution is 0.700. The lowest BCUT2D eigenvalue weighted by Gasteiger charge is -2.10. The molecule has 0 spiro atoms. The van der Waals surface area contributed by atoms with Crippen molar-refractivity contribution in [2.24, 2.45) is 0 Å². The summed E-state index contributed by atoms with van der Waals surface area (Å²) in [6.07, 6.45) is 4.70. The number of benzene rings is 1. The zero-order chi connectivity index (χ0) is 9.26. The van der Waals surface area contributed by atoms with Crippen LogP contribution in [0.3, 0.4) is 0 Å². The first-order valence-corrected chi connectivity index (χ1v) is 5.51. The summed E-state index contributed by atoms with van der Waals surface area (Å²) >= 11 is 12.2. The summed E-state index contributed by atoms with van der Waals surface area (Å²) < 4.78 is 0. The number of fused-ring (bicyclic) bond motifs is 1. The van der Waals surface area contributed by atoms with Crippen LogP contribution >= 0.6 is 23.2 Å². The highest BCUT2D eigenvalue weighted by atomic mass is 35.5. The van der Waals surface area contributed by atoms with E-state index in [0.717, 1.165) is 17.9 Å². The molecule has 1 aliphatic carbocycles. The maximum absolute atomic E-state index is 6.26. The van der Waals surface area contributed by atoms with Gasteiger partial charge < -0.3 is 0 Å². The second-order valence-corrected chi connectivity index (χ2v) is 4.52. The Bertz CT molecular complexity index is 307. The maximum atomic E-state index is 6.26. The van der Waals surface area contributed by atoms with E-state index in [1.54, 1.807) is 0 Å². The molecule has 1 aromatic rings. The van der Waals surface area contributed by atoms with Gasteiger partial charge in [0.15, 0.2) is 0 Å². The van der Waals surface area contributed by atoms with Crippen LogP contribution in [0.1, 0.15) is 35.8 Å². The van der Waals surface area contributed by atoms with Crippen LogP contribution in [0.25, 0.3) is 0 Å². The number of hydrogen-bond acceptors (Lipinski definition) is 0. The van der Waals surface area contributed by atoms with Gasteiger partial charge in [0.25, 0.3) is 0 Å². The summed E-state index contributed by atoms with van der Waals surface area (Å²) in [5.41, 5.74) is 2.62. The molecule has 0 nitrogen and oxygen atoms in total. The molecule has 2 rings (SSSR count). The number of hydrogen-bond donors (Lipinski definition) is 0. The molecule has 1 aromatic carbocycles. The van der Waals surface area contributed by atoms with Crippen molar-refractivity contribution in [3.63, 3.8) is 0 Å². The molecule has 0 aliphatic heterocycles. The molecule has 0 fully saturated rings. The highest BCUT2D eigenvalue weighted by Crippen LogP contribution is 2.34. The van der Waals surface area contributed by atoms with Crippen molar-refractivity contribution < 1.29 is 0 Å². The van der Waals surface area contributed by atoms with E-state index in [-0.39, 0.29) is 5.38 Å². The molecule has 13 heavy (non-hydrogen) atoms. The Balaban J connectivity index is 2.43. The Hall–Kier alpha value is -0.200. The van der Waals surface area contributed by atoms with Gasteiger partial charge in [-0.05, 0) is 42.5 Å². The van der Waals surface area contributed by atoms with E-state index in [2.05, 4.69) is 6.07 Å². The maximum Gasteiger partial charge on any atom is 0.0588 e. The zero-order valence-electron chi connectivity index (χ0n) is 7.39. The van der Waals surface area contributed by atoms with Crippen molar-refractivity contribution in [2.75, 3.05) is 0 Å². The lowest BCUT2D eigenvalue weighted by atomic mass is 10.0. The van der Waals surface area contributed by atoms with Gasteiger partial charge in [0.05, 0.1) is 5.38 Å². The van der Waals surface area contributed by atoms with Crippen molar-refractivity contribution in [3.05, 3.63) is 34.3 Å².